The maximum absolute atomic E-state index is 13.6. The minimum Gasteiger partial charge on any atom is -0.497 e. The lowest BCUT2D eigenvalue weighted by Gasteiger charge is -2.06. The molecule has 0 saturated carbocycles. The van der Waals surface area contributed by atoms with E-state index in [-0.39, 0.29) is 21.1 Å². The van der Waals surface area contributed by atoms with Crippen molar-refractivity contribution >= 4 is 43.8 Å². The van der Waals surface area contributed by atoms with Gasteiger partial charge in [-0.05, 0) is 28.1 Å². The lowest BCUT2D eigenvalue weighted by atomic mass is 10.1. The number of ether oxygens (including phenoxy) is 2. The summed E-state index contributed by atoms with van der Waals surface area (Å²) in [6, 6.07) is 5.48. The van der Waals surface area contributed by atoms with Crippen molar-refractivity contribution in [3.8, 4) is 11.5 Å². The van der Waals surface area contributed by atoms with Gasteiger partial charge in [0.1, 0.15) is 28.3 Å². The molecule has 0 atom stereocenters. The van der Waals surface area contributed by atoms with Gasteiger partial charge < -0.3 is 9.47 Å². The SMILES string of the molecule is C=Cc1c(F)cnc2c(F)cc(OC)cc12.COc1cc(F)c2ncc(F)c(Br)c2c1. The zero-order valence-corrected chi connectivity index (χ0v) is 17.9. The molecule has 0 amide bonds. The van der Waals surface area contributed by atoms with E-state index in [0.717, 1.165) is 12.4 Å². The molecule has 2 aromatic heterocycles. The van der Waals surface area contributed by atoms with Gasteiger partial charge in [0.2, 0.25) is 0 Å². The molecule has 2 aromatic carbocycles. The third-order valence-electron chi connectivity index (χ3n) is 4.36. The van der Waals surface area contributed by atoms with Gasteiger partial charge in [-0.1, -0.05) is 12.7 Å². The fourth-order valence-electron chi connectivity index (χ4n) is 2.85. The molecule has 0 bridgehead atoms. The van der Waals surface area contributed by atoms with E-state index in [1.807, 2.05) is 0 Å². The molecule has 160 valence electrons. The van der Waals surface area contributed by atoms with Gasteiger partial charge in [-0.25, -0.2) is 17.6 Å². The van der Waals surface area contributed by atoms with Crippen LogP contribution in [0, 0.1) is 23.3 Å². The van der Waals surface area contributed by atoms with Crippen LogP contribution < -0.4 is 9.47 Å². The van der Waals surface area contributed by atoms with Crippen LogP contribution in [-0.4, -0.2) is 24.2 Å². The molecule has 0 aliphatic carbocycles. The van der Waals surface area contributed by atoms with Crippen LogP contribution in [0.5, 0.6) is 11.5 Å². The molecule has 31 heavy (non-hydrogen) atoms. The Morgan fingerprint density at radius 3 is 1.77 bits per heavy atom. The van der Waals surface area contributed by atoms with E-state index in [9.17, 15) is 17.6 Å². The third kappa shape index (κ3) is 4.46. The lowest BCUT2D eigenvalue weighted by Crippen LogP contribution is -1.93. The molecule has 0 fully saturated rings. The zero-order chi connectivity index (χ0) is 22.7. The smallest absolute Gasteiger partial charge is 0.156 e. The first kappa shape index (κ1) is 22.5. The van der Waals surface area contributed by atoms with E-state index >= 15 is 0 Å². The molecule has 0 spiro atoms. The molecule has 4 rings (SSSR count). The quantitative estimate of drug-likeness (QED) is 0.307. The van der Waals surface area contributed by atoms with E-state index in [2.05, 4.69) is 32.5 Å². The standard InChI is InChI=1S/C12H9F2NO.C10H6BrF2NO/c1-3-8-9-4-7(16-2)5-10(13)12(9)15-6-11(8)14;1-15-5-2-6-9(11)8(13)4-14-10(6)7(12)3-5/h3-6H,1H2,2H3;2-4H,1H3. The molecule has 0 unspecified atom stereocenters. The number of benzene rings is 2. The van der Waals surface area contributed by atoms with Crippen LogP contribution in [0.2, 0.25) is 0 Å². The summed E-state index contributed by atoms with van der Waals surface area (Å²) >= 11 is 3.04. The van der Waals surface area contributed by atoms with Crippen LogP contribution in [0.1, 0.15) is 5.56 Å². The number of rotatable bonds is 3. The topological polar surface area (TPSA) is 44.2 Å². The van der Waals surface area contributed by atoms with Crippen LogP contribution in [-0.2, 0) is 0 Å². The molecule has 0 N–H and O–H groups in total. The van der Waals surface area contributed by atoms with Gasteiger partial charge in [-0.2, -0.15) is 0 Å². The Hall–Kier alpha value is -3.20. The summed E-state index contributed by atoms with van der Waals surface area (Å²) < 4.78 is 63.6. The first-order chi connectivity index (χ1) is 14.8. The highest BCUT2D eigenvalue weighted by Gasteiger charge is 2.12. The molecular formula is C22H15BrF4N2O2. The first-order valence-electron chi connectivity index (χ1n) is 8.72. The van der Waals surface area contributed by atoms with E-state index in [4.69, 9.17) is 9.47 Å². The second-order valence-electron chi connectivity index (χ2n) is 6.15. The van der Waals surface area contributed by atoms with Gasteiger partial charge in [0, 0.05) is 28.5 Å². The molecular weight excluding hydrogens is 480 g/mol. The van der Waals surface area contributed by atoms with Gasteiger partial charge in [0.05, 0.1) is 31.1 Å². The Balaban J connectivity index is 0.000000176. The van der Waals surface area contributed by atoms with Crippen molar-refractivity contribution in [3.05, 3.63) is 76.5 Å². The minimum absolute atomic E-state index is 0.108. The summed E-state index contributed by atoms with van der Waals surface area (Å²) in [7, 11) is 2.84. The van der Waals surface area contributed by atoms with Crippen molar-refractivity contribution in [2.45, 2.75) is 0 Å². The number of pyridine rings is 2. The monoisotopic (exact) mass is 494 g/mol. The molecule has 4 aromatic rings. The maximum Gasteiger partial charge on any atom is 0.156 e. The molecule has 9 heteroatoms. The summed E-state index contributed by atoms with van der Waals surface area (Å²) in [5, 5.41) is 0.707. The van der Waals surface area contributed by atoms with E-state index in [1.165, 1.54) is 44.6 Å². The number of halogens is 5. The summed E-state index contributed by atoms with van der Waals surface area (Å²) in [6.45, 7) is 3.50. The summed E-state index contributed by atoms with van der Waals surface area (Å²) in [5.74, 6) is -1.50. The van der Waals surface area contributed by atoms with E-state index in [1.54, 1.807) is 0 Å². The summed E-state index contributed by atoms with van der Waals surface area (Å²) in [4.78, 5) is 7.39. The van der Waals surface area contributed by atoms with Crippen molar-refractivity contribution < 1.29 is 27.0 Å². The average molecular weight is 495 g/mol. The van der Waals surface area contributed by atoms with Gasteiger partial charge in [-0.3, -0.25) is 9.97 Å². The minimum atomic E-state index is -0.544. The number of hydrogen-bond acceptors (Lipinski definition) is 4. The molecule has 0 saturated heterocycles. The number of nitrogens with zero attached hydrogens (tertiary/aromatic N) is 2. The molecule has 4 nitrogen and oxygen atoms in total. The van der Waals surface area contributed by atoms with Crippen LogP contribution in [0.25, 0.3) is 27.9 Å². The number of methoxy groups -OCH3 is 2. The van der Waals surface area contributed by atoms with Crippen LogP contribution in [0.15, 0.2) is 47.7 Å². The Kier molecular flexibility index (Phi) is 6.74. The highest BCUT2D eigenvalue weighted by Crippen LogP contribution is 2.30. The largest absolute Gasteiger partial charge is 0.497 e. The Morgan fingerprint density at radius 1 is 0.774 bits per heavy atom. The van der Waals surface area contributed by atoms with Crippen molar-refractivity contribution in [2.75, 3.05) is 14.2 Å². The second-order valence-corrected chi connectivity index (χ2v) is 6.95. The second kappa shape index (κ2) is 9.30. The maximum atomic E-state index is 13.6. The number of aromatic nitrogens is 2. The fraction of sp³-hybridized carbons (Fsp3) is 0.0909. The van der Waals surface area contributed by atoms with Crippen molar-refractivity contribution in [3.63, 3.8) is 0 Å². The van der Waals surface area contributed by atoms with Crippen LogP contribution in [0.3, 0.4) is 0 Å². The van der Waals surface area contributed by atoms with Crippen molar-refractivity contribution in [1.82, 2.24) is 9.97 Å². The fourth-order valence-corrected chi connectivity index (χ4v) is 3.26. The first-order valence-corrected chi connectivity index (χ1v) is 9.51. The normalized spacial score (nSPS) is 10.5. The van der Waals surface area contributed by atoms with E-state index < -0.39 is 23.3 Å². The highest BCUT2D eigenvalue weighted by atomic mass is 79.9. The van der Waals surface area contributed by atoms with Gasteiger partial charge in [0.15, 0.2) is 17.5 Å². The average Bonchev–Trinajstić information content (AvgIpc) is 2.76. The molecule has 0 aliphatic rings. The Morgan fingerprint density at radius 2 is 1.26 bits per heavy atom. The summed E-state index contributed by atoms with van der Waals surface area (Å²) in [6.07, 6.45) is 3.29. The number of fused-ring (bicyclic) bond motifs is 2. The third-order valence-corrected chi connectivity index (χ3v) is 5.16. The van der Waals surface area contributed by atoms with Gasteiger partial charge >= 0.3 is 0 Å². The number of hydrogen-bond donors (Lipinski definition) is 0. The lowest BCUT2D eigenvalue weighted by molar-refractivity contribution is 0.412. The summed E-state index contributed by atoms with van der Waals surface area (Å²) in [5.41, 5.74) is 0.448. The Bertz CT molecular complexity index is 1300. The van der Waals surface area contributed by atoms with Crippen molar-refractivity contribution in [1.29, 1.82) is 0 Å². The van der Waals surface area contributed by atoms with Crippen LogP contribution >= 0.6 is 15.9 Å². The molecule has 0 radical (unpaired) electrons. The van der Waals surface area contributed by atoms with Crippen LogP contribution in [0.4, 0.5) is 17.6 Å². The highest BCUT2D eigenvalue weighted by molar-refractivity contribution is 9.10. The van der Waals surface area contributed by atoms with Gasteiger partial charge in [0.25, 0.3) is 0 Å². The Labute approximate surface area is 183 Å². The molecule has 0 aliphatic heterocycles. The predicted molar refractivity (Wildman–Crippen MR) is 114 cm³/mol. The molecule has 2 heterocycles. The van der Waals surface area contributed by atoms with E-state index in [0.29, 0.717) is 22.3 Å². The van der Waals surface area contributed by atoms with Crippen molar-refractivity contribution in [2.24, 2.45) is 0 Å². The van der Waals surface area contributed by atoms with Gasteiger partial charge in [-0.15, -0.1) is 0 Å². The zero-order valence-electron chi connectivity index (χ0n) is 16.3. The predicted octanol–water partition coefficient (Wildman–Crippen LogP) is 6.45.